The molecule has 3 aromatic rings. The first-order chi connectivity index (χ1) is 12.9. The molecule has 140 valence electrons. The summed E-state index contributed by atoms with van der Waals surface area (Å²) < 4.78 is 5.12. The van der Waals surface area contributed by atoms with Crippen LogP contribution in [0, 0.1) is 20.8 Å². The van der Waals surface area contributed by atoms with E-state index in [2.05, 4.69) is 38.2 Å². The van der Waals surface area contributed by atoms with Crippen LogP contribution in [0.15, 0.2) is 41.4 Å². The molecule has 0 bridgehead atoms. The molecule has 1 heterocycles. The van der Waals surface area contributed by atoms with Crippen molar-refractivity contribution in [3.8, 4) is 5.75 Å². The van der Waals surface area contributed by atoms with Crippen molar-refractivity contribution in [2.75, 3.05) is 18.2 Å². The van der Waals surface area contributed by atoms with E-state index in [0.717, 1.165) is 27.1 Å². The van der Waals surface area contributed by atoms with Gasteiger partial charge < -0.3 is 10.1 Å². The predicted octanol–water partition coefficient (Wildman–Crippen LogP) is 5.55. The van der Waals surface area contributed by atoms with E-state index < -0.39 is 0 Å². The van der Waals surface area contributed by atoms with Crippen LogP contribution >= 0.6 is 23.4 Å². The maximum atomic E-state index is 12.3. The summed E-state index contributed by atoms with van der Waals surface area (Å²) in [4.78, 5) is 17.0. The van der Waals surface area contributed by atoms with Gasteiger partial charge in [-0.2, -0.15) is 0 Å². The van der Waals surface area contributed by atoms with Gasteiger partial charge in [0.05, 0.1) is 28.4 Å². The van der Waals surface area contributed by atoms with Crippen molar-refractivity contribution in [1.82, 2.24) is 4.98 Å². The SMILES string of the molecule is COc1ccc(NC(=O)CSc2cc(C)c3cc(C)cc(C)c3n2)cc1Cl. The monoisotopic (exact) mass is 400 g/mol. The highest BCUT2D eigenvalue weighted by molar-refractivity contribution is 7.99. The van der Waals surface area contributed by atoms with Gasteiger partial charge in [0.1, 0.15) is 5.75 Å². The predicted molar refractivity (Wildman–Crippen MR) is 113 cm³/mol. The Bertz CT molecular complexity index is 1020. The number of hydrogen-bond acceptors (Lipinski definition) is 4. The van der Waals surface area contributed by atoms with Gasteiger partial charge in [0, 0.05) is 11.1 Å². The van der Waals surface area contributed by atoms with Crippen LogP contribution in [0.5, 0.6) is 5.75 Å². The first kappa shape index (κ1) is 19.5. The lowest BCUT2D eigenvalue weighted by Crippen LogP contribution is -2.14. The average molecular weight is 401 g/mol. The highest BCUT2D eigenvalue weighted by Gasteiger charge is 2.10. The van der Waals surface area contributed by atoms with E-state index in [-0.39, 0.29) is 11.7 Å². The van der Waals surface area contributed by atoms with Crippen molar-refractivity contribution in [1.29, 1.82) is 0 Å². The smallest absolute Gasteiger partial charge is 0.234 e. The Morgan fingerprint density at radius 2 is 1.93 bits per heavy atom. The quantitative estimate of drug-likeness (QED) is 0.570. The first-order valence-electron chi connectivity index (χ1n) is 8.52. The van der Waals surface area contributed by atoms with Crippen molar-refractivity contribution in [2.24, 2.45) is 0 Å². The number of ether oxygens (including phenoxy) is 1. The second-order valence-electron chi connectivity index (χ2n) is 6.44. The van der Waals surface area contributed by atoms with Gasteiger partial charge in [-0.15, -0.1) is 0 Å². The van der Waals surface area contributed by atoms with Crippen LogP contribution in [0.1, 0.15) is 16.7 Å². The summed E-state index contributed by atoms with van der Waals surface area (Å²) in [5.74, 6) is 0.735. The summed E-state index contributed by atoms with van der Waals surface area (Å²) in [7, 11) is 1.55. The molecule has 0 saturated carbocycles. The molecule has 2 aromatic carbocycles. The minimum absolute atomic E-state index is 0.110. The molecule has 0 aliphatic rings. The number of nitrogens with one attached hydrogen (secondary N) is 1. The Labute approximate surface area is 168 Å². The van der Waals surface area contributed by atoms with Crippen molar-refractivity contribution in [3.05, 3.63) is 58.1 Å². The van der Waals surface area contributed by atoms with Gasteiger partial charge in [0.2, 0.25) is 5.91 Å². The second kappa shape index (κ2) is 8.19. The lowest BCUT2D eigenvalue weighted by molar-refractivity contribution is -0.113. The van der Waals surface area contributed by atoms with E-state index in [1.807, 2.05) is 6.07 Å². The summed E-state index contributed by atoms with van der Waals surface area (Å²) in [6.07, 6.45) is 0. The number of aryl methyl sites for hydroxylation is 3. The molecule has 0 fully saturated rings. The molecule has 4 nitrogen and oxygen atoms in total. The van der Waals surface area contributed by atoms with Crippen LogP contribution in [-0.4, -0.2) is 23.8 Å². The molecular weight excluding hydrogens is 380 g/mol. The Kier molecular flexibility index (Phi) is 5.92. The summed E-state index contributed by atoms with van der Waals surface area (Å²) in [6.45, 7) is 6.23. The van der Waals surface area contributed by atoms with E-state index in [1.54, 1.807) is 25.3 Å². The summed E-state index contributed by atoms with van der Waals surface area (Å²) >= 11 is 7.51. The van der Waals surface area contributed by atoms with Crippen LogP contribution in [0.25, 0.3) is 10.9 Å². The number of carbonyl (C=O) groups excluding carboxylic acids is 1. The maximum absolute atomic E-state index is 12.3. The summed E-state index contributed by atoms with van der Waals surface area (Å²) in [6, 6.07) is 11.5. The van der Waals surface area contributed by atoms with E-state index in [9.17, 15) is 4.79 Å². The number of methoxy groups -OCH3 is 1. The van der Waals surface area contributed by atoms with Gasteiger partial charge in [0.25, 0.3) is 0 Å². The van der Waals surface area contributed by atoms with Crippen molar-refractivity contribution >= 4 is 45.9 Å². The van der Waals surface area contributed by atoms with E-state index in [4.69, 9.17) is 21.3 Å². The maximum Gasteiger partial charge on any atom is 0.234 e. The molecule has 3 rings (SSSR count). The van der Waals surface area contributed by atoms with Gasteiger partial charge in [-0.3, -0.25) is 4.79 Å². The minimum Gasteiger partial charge on any atom is -0.495 e. The Balaban J connectivity index is 1.71. The van der Waals surface area contributed by atoms with Crippen molar-refractivity contribution in [2.45, 2.75) is 25.8 Å². The molecular formula is C21H21ClN2O2S. The number of nitrogens with zero attached hydrogens (tertiary/aromatic N) is 1. The number of pyridine rings is 1. The molecule has 0 radical (unpaired) electrons. The molecule has 0 aliphatic carbocycles. The number of rotatable bonds is 5. The van der Waals surface area contributed by atoms with E-state index in [0.29, 0.717) is 16.5 Å². The minimum atomic E-state index is -0.110. The zero-order valence-electron chi connectivity index (χ0n) is 15.7. The number of amides is 1. The molecule has 6 heteroatoms. The molecule has 1 aromatic heterocycles. The van der Waals surface area contributed by atoms with Crippen LogP contribution in [0.3, 0.4) is 0 Å². The molecule has 0 unspecified atom stereocenters. The van der Waals surface area contributed by atoms with Gasteiger partial charge in [-0.05, 0) is 62.2 Å². The lowest BCUT2D eigenvalue weighted by Gasteiger charge is -2.10. The number of hydrogen-bond donors (Lipinski definition) is 1. The normalized spacial score (nSPS) is 10.9. The third-order valence-electron chi connectivity index (χ3n) is 4.22. The standard InChI is InChI=1S/C21H21ClN2O2S/c1-12-7-14(3)21-16(8-12)13(2)9-20(24-21)27-11-19(25)23-15-5-6-18(26-4)17(22)10-15/h5-10H,11H2,1-4H3,(H,23,25). The highest BCUT2D eigenvalue weighted by Crippen LogP contribution is 2.29. The number of thioether (sulfide) groups is 1. The topological polar surface area (TPSA) is 51.2 Å². The van der Waals surface area contributed by atoms with Crippen LogP contribution < -0.4 is 10.1 Å². The van der Waals surface area contributed by atoms with Gasteiger partial charge in [0.15, 0.2) is 0 Å². The fourth-order valence-electron chi connectivity index (χ4n) is 2.97. The molecule has 0 atom stereocenters. The fraction of sp³-hybridized carbons (Fsp3) is 0.238. The van der Waals surface area contributed by atoms with Crippen molar-refractivity contribution < 1.29 is 9.53 Å². The molecule has 27 heavy (non-hydrogen) atoms. The summed E-state index contributed by atoms with van der Waals surface area (Å²) in [5.41, 5.74) is 5.16. The van der Waals surface area contributed by atoms with E-state index in [1.165, 1.54) is 17.3 Å². The first-order valence-corrected chi connectivity index (χ1v) is 9.88. The molecule has 1 amide bonds. The average Bonchev–Trinajstić information content (AvgIpc) is 2.61. The Morgan fingerprint density at radius 3 is 2.63 bits per heavy atom. The van der Waals surface area contributed by atoms with Crippen LogP contribution in [0.4, 0.5) is 5.69 Å². The molecule has 0 spiro atoms. The highest BCUT2D eigenvalue weighted by atomic mass is 35.5. The number of benzene rings is 2. The molecule has 0 saturated heterocycles. The zero-order chi connectivity index (χ0) is 19.6. The second-order valence-corrected chi connectivity index (χ2v) is 7.84. The van der Waals surface area contributed by atoms with Gasteiger partial charge in [-0.1, -0.05) is 35.0 Å². The fourth-order valence-corrected chi connectivity index (χ4v) is 3.99. The zero-order valence-corrected chi connectivity index (χ0v) is 17.3. The number of aromatic nitrogens is 1. The Morgan fingerprint density at radius 1 is 1.15 bits per heavy atom. The van der Waals surface area contributed by atoms with Gasteiger partial charge >= 0.3 is 0 Å². The number of carbonyl (C=O) groups is 1. The van der Waals surface area contributed by atoms with Crippen LogP contribution in [-0.2, 0) is 4.79 Å². The molecule has 1 N–H and O–H groups in total. The number of anilines is 1. The third-order valence-corrected chi connectivity index (χ3v) is 5.43. The molecule has 0 aliphatic heterocycles. The summed E-state index contributed by atoms with van der Waals surface area (Å²) in [5, 5.41) is 5.31. The number of fused-ring (bicyclic) bond motifs is 1. The van der Waals surface area contributed by atoms with Gasteiger partial charge in [-0.25, -0.2) is 4.98 Å². The Hall–Kier alpha value is -2.24. The van der Waals surface area contributed by atoms with Crippen molar-refractivity contribution in [3.63, 3.8) is 0 Å². The largest absolute Gasteiger partial charge is 0.495 e. The number of halogens is 1. The lowest BCUT2D eigenvalue weighted by atomic mass is 10.0. The van der Waals surface area contributed by atoms with E-state index >= 15 is 0 Å². The third kappa shape index (κ3) is 4.54. The van der Waals surface area contributed by atoms with Crippen LogP contribution in [0.2, 0.25) is 5.02 Å².